The number of benzene rings is 2. The van der Waals surface area contributed by atoms with Crippen molar-refractivity contribution < 1.29 is 4.39 Å². The number of anilines is 1. The highest BCUT2D eigenvalue weighted by molar-refractivity contribution is 6.30. The number of aromatic nitrogens is 1. The molecule has 0 amide bonds. The van der Waals surface area contributed by atoms with Gasteiger partial charge in [-0.1, -0.05) is 29.8 Å². The fourth-order valence-corrected chi connectivity index (χ4v) is 2.36. The molecule has 3 nitrogen and oxygen atoms in total. The molecule has 3 aromatic rings. The summed E-state index contributed by atoms with van der Waals surface area (Å²) in [4.78, 5) is 14.6. The van der Waals surface area contributed by atoms with Crippen LogP contribution in [0.4, 0.5) is 10.1 Å². The van der Waals surface area contributed by atoms with E-state index in [1.165, 1.54) is 6.07 Å². The van der Waals surface area contributed by atoms with Gasteiger partial charge in [0, 0.05) is 28.2 Å². The van der Waals surface area contributed by atoms with Crippen molar-refractivity contribution in [2.45, 2.75) is 6.54 Å². The normalized spacial score (nSPS) is 10.8. The molecule has 0 atom stereocenters. The van der Waals surface area contributed by atoms with E-state index in [1.807, 2.05) is 12.1 Å². The molecule has 0 aliphatic carbocycles. The average Bonchev–Trinajstić information content (AvgIpc) is 2.46. The second-order valence-corrected chi connectivity index (χ2v) is 5.13. The fourth-order valence-electron chi connectivity index (χ4n) is 2.17. The number of aromatic amines is 1. The summed E-state index contributed by atoms with van der Waals surface area (Å²) in [5.74, 6) is -0.432. The van der Waals surface area contributed by atoms with Gasteiger partial charge in [-0.2, -0.15) is 0 Å². The maximum absolute atomic E-state index is 13.6. The number of rotatable bonds is 3. The fraction of sp³-hybridized carbons (Fsp3) is 0.0625. The summed E-state index contributed by atoms with van der Waals surface area (Å²) in [5.41, 5.74) is 1.28. The van der Waals surface area contributed by atoms with E-state index in [0.29, 0.717) is 22.5 Å². The minimum atomic E-state index is -0.432. The Labute approximate surface area is 125 Å². The molecular formula is C16H12ClFN2O. The van der Waals surface area contributed by atoms with Gasteiger partial charge in [0.15, 0.2) is 0 Å². The summed E-state index contributed by atoms with van der Waals surface area (Å²) in [7, 11) is 0. The largest absolute Gasteiger partial charge is 0.381 e. The topological polar surface area (TPSA) is 44.9 Å². The van der Waals surface area contributed by atoms with E-state index in [-0.39, 0.29) is 11.1 Å². The molecule has 106 valence electrons. The molecular weight excluding hydrogens is 291 g/mol. The Morgan fingerprint density at radius 3 is 2.76 bits per heavy atom. The molecule has 0 bridgehead atoms. The minimum absolute atomic E-state index is 0.231. The molecule has 0 unspecified atom stereocenters. The maximum Gasteiger partial charge on any atom is 0.253 e. The lowest BCUT2D eigenvalue weighted by atomic mass is 10.1. The van der Waals surface area contributed by atoms with Crippen molar-refractivity contribution in [3.05, 3.63) is 75.3 Å². The zero-order valence-corrected chi connectivity index (χ0v) is 11.7. The molecule has 0 radical (unpaired) electrons. The molecule has 0 fully saturated rings. The lowest BCUT2D eigenvalue weighted by molar-refractivity contribution is 0.636. The van der Waals surface area contributed by atoms with Crippen LogP contribution in [0.15, 0.2) is 53.3 Å². The highest BCUT2D eigenvalue weighted by Crippen LogP contribution is 2.17. The first-order chi connectivity index (χ1) is 10.1. The number of H-pyrrole nitrogens is 1. The number of fused-ring (bicyclic) bond motifs is 1. The third-order valence-corrected chi connectivity index (χ3v) is 3.45. The van der Waals surface area contributed by atoms with Crippen LogP contribution in [-0.4, -0.2) is 4.98 Å². The molecule has 0 aliphatic rings. The minimum Gasteiger partial charge on any atom is -0.381 e. The first-order valence-electron chi connectivity index (χ1n) is 6.43. The summed E-state index contributed by atoms with van der Waals surface area (Å²) < 4.78 is 13.6. The molecule has 2 aromatic carbocycles. The predicted molar refractivity (Wildman–Crippen MR) is 83.3 cm³/mol. The van der Waals surface area contributed by atoms with Crippen LogP contribution in [0, 0.1) is 5.82 Å². The van der Waals surface area contributed by atoms with Gasteiger partial charge in [0.1, 0.15) is 5.82 Å². The molecule has 5 heteroatoms. The Hall–Kier alpha value is -2.33. The number of nitrogens with one attached hydrogen (secondary N) is 2. The van der Waals surface area contributed by atoms with E-state index >= 15 is 0 Å². The molecule has 0 spiro atoms. The molecule has 3 rings (SSSR count). The van der Waals surface area contributed by atoms with E-state index < -0.39 is 5.82 Å². The van der Waals surface area contributed by atoms with Crippen molar-refractivity contribution in [3.8, 4) is 0 Å². The Balaban J connectivity index is 1.91. The molecule has 0 saturated heterocycles. The van der Waals surface area contributed by atoms with Crippen LogP contribution >= 0.6 is 11.6 Å². The van der Waals surface area contributed by atoms with Crippen molar-refractivity contribution in [2.24, 2.45) is 0 Å². The van der Waals surface area contributed by atoms with Gasteiger partial charge in [-0.25, -0.2) is 4.39 Å². The number of hydrogen-bond donors (Lipinski definition) is 2. The monoisotopic (exact) mass is 302 g/mol. The zero-order valence-electron chi connectivity index (χ0n) is 11.0. The Bertz CT molecular complexity index is 860. The van der Waals surface area contributed by atoms with Crippen LogP contribution in [0.3, 0.4) is 0 Å². The Morgan fingerprint density at radius 1 is 1.14 bits per heavy atom. The van der Waals surface area contributed by atoms with E-state index in [9.17, 15) is 9.18 Å². The number of para-hydroxylation sites is 1. The molecule has 1 aromatic heterocycles. The third kappa shape index (κ3) is 2.90. The van der Waals surface area contributed by atoms with E-state index in [1.54, 1.807) is 30.3 Å². The molecule has 2 N–H and O–H groups in total. The van der Waals surface area contributed by atoms with Gasteiger partial charge >= 0.3 is 0 Å². The van der Waals surface area contributed by atoms with Gasteiger partial charge in [-0.15, -0.1) is 0 Å². The van der Waals surface area contributed by atoms with Crippen molar-refractivity contribution in [2.75, 3.05) is 5.32 Å². The van der Waals surface area contributed by atoms with Crippen molar-refractivity contribution >= 4 is 28.2 Å². The third-order valence-electron chi connectivity index (χ3n) is 3.21. The average molecular weight is 303 g/mol. The van der Waals surface area contributed by atoms with E-state index in [4.69, 9.17) is 11.6 Å². The van der Waals surface area contributed by atoms with Crippen LogP contribution in [-0.2, 0) is 6.54 Å². The van der Waals surface area contributed by atoms with Gasteiger partial charge < -0.3 is 10.3 Å². The zero-order chi connectivity index (χ0) is 14.8. The highest BCUT2D eigenvalue weighted by atomic mass is 35.5. The van der Waals surface area contributed by atoms with Crippen LogP contribution < -0.4 is 10.9 Å². The Morgan fingerprint density at radius 2 is 1.95 bits per heavy atom. The summed E-state index contributed by atoms with van der Waals surface area (Å²) in [6.45, 7) is 0.335. The van der Waals surface area contributed by atoms with Crippen LogP contribution in [0.2, 0.25) is 5.02 Å². The predicted octanol–water partition coefficient (Wildman–Crippen LogP) is 3.93. The van der Waals surface area contributed by atoms with Gasteiger partial charge in [-0.05, 0) is 30.3 Å². The smallest absolute Gasteiger partial charge is 0.253 e. The quantitative estimate of drug-likeness (QED) is 0.770. The molecule has 0 aliphatic heterocycles. The maximum atomic E-state index is 13.6. The highest BCUT2D eigenvalue weighted by Gasteiger charge is 2.06. The standard InChI is InChI=1S/C16H12ClFN2O/c17-12-4-2-5-13(8-12)19-9-11-7-10-3-1-6-14(18)15(10)20-16(11)21/h1-8,19H,9H2,(H,20,21). The summed E-state index contributed by atoms with van der Waals surface area (Å²) in [6, 6.07) is 13.6. The first-order valence-corrected chi connectivity index (χ1v) is 6.81. The number of pyridine rings is 1. The summed E-state index contributed by atoms with van der Waals surface area (Å²) in [5, 5.41) is 4.41. The molecule has 1 heterocycles. The van der Waals surface area contributed by atoms with Crippen molar-refractivity contribution in [1.29, 1.82) is 0 Å². The lowest BCUT2D eigenvalue weighted by Gasteiger charge is -2.07. The molecule has 21 heavy (non-hydrogen) atoms. The molecule has 0 saturated carbocycles. The number of halogens is 2. The van der Waals surface area contributed by atoms with E-state index in [2.05, 4.69) is 10.3 Å². The van der Waals surface area contributed by atoms with Gasteiger partial charge in [0.2, 0.25) is 0 Å². The number of hydrogen-bond acceptors (Lipinski definition) is 2. The van der Waals surface area contributed by atoms with Gasteiger partial charge in [0.05, 0.1) is 5.52 Å². The first kappa shape index (κ1) is 13.6. The van der Waals surface area contributed by atoms with Gasteiger partial charge in [0.25, 0.3) is 5.56 Å². The van der Waals surface area contributed by atoms with Crippen molar-refractivity contribution in [1.82, 2.24) is 4.98 Å². The second-order valence-electron chi connectivity index (χ2n) is 4.69. The van der Waals surface area contributed by atoms with Crippen molar-refractivity contribution in [3.63, 3.8) is 0 Å². The van der Waals surface area contributed by atoms with Crippen LogP contribution in [0.5, 0.6) is 0 Å². The van der Waals surface area contributed by atoms with E-state index in [0.717, 1.165) is 5.69 Å². The second kappa shape index (κ2) is 5.58. The van der Waals surface area contributed by atoms with Gasteiger partial charge in [-0.3, -0.25) is 4.79 Å². The van der Waals surface area contributed by atoms with Crippen LogP contribution in [0.1, 0.15) is 5.56 Å². The lowest BCUT2D eigenvalue weighted by Crippen LogP contribution is -2.16. The summed E-state index contributed by atoms with van der Waals surface area (Å²) >= 11 is 5.90. The van der Waals surface area contributed by atoms with Crippen LogP contribution in [0.25, 0.3) is 10.9 Å². The Kier molecular flexibility index (Phi) is 3.62. The summed E-state index contributed by atoms with van der Waals surface area (Å²) in [6.07, 6.45) is 0. The SMILES string of the molecule is O=c1[nH]c2c(F)cccc2cc1CNc1cccc(Cl)c1.